The number of thiophene rings is 1. The molecule has 21 heavy (non-hydrogen) atoms. The lowest BCUT2D eigenvalue weighted by Gasteiger charge is -2.14. The van der Waals surface area contributed by atoms with Crippen molar-refractivity contribution in [3.8, 4) is 0 Å². The quantitative estimate of drug-likeness (QED) is 0.600. The van der Waals surface area contributed by atoms with Gasteiger partial charge in [0.25, 0.3) is 11.7 Å². The third kappa shape index (κ3) is 2.43. The number of benzene rings is 1. The summed E-state index contributed by atoms with van der Waals surface area (Å²) in [4.78, 5) is 37.9. The zero-order valence-corrected chi connectivity index (χ0v) is 13.6. The molecule has 1 aromatic heterocycles. The van der Waals surface area contributed by atoms with Crippen LogP contribution < -0.4 is 4.90 Å². The molecule has 0 saturated carbocycles. The Balaban J connectivity index is 1.94. The normalized spacial score (nSPS) is 13.7. The molecule has 0 bridgehead atoms. The first-order chi connectivity index (χ1) is 9.99. The molecule has 0 fully saturated rings. The minimum atomic E-state index is -0.720. The van der Waals surface area contributed by atoms with Crippen LogP contribution in [0, 0.1) is 0 Å². The number of Topliss-reactive ketones (excluding diaryl/α,β-unsaturated/α-hetero) is 2. The van der Waals surface area contributed by atoms with Gasteiger partial charge in [-0.05, 0) is 40.2 Å². The number of hydrogen-bond donors (Lipinski definition) is 0. The highest BCUT2D eigenvalue weighted by Gasteiger charge is 2.38. The van der Waals surface area contributed by atoms with Gasteiger partial charge in [-0.2, -0.15) is 0 Å². The van der Waals surface area contributed by atoms with Gasteiger partial charge in [-0.1, -0.05) is 17.7 Å². The Kier molecular flexibility index (Phi) is 3.69. The minimum Gasteiger partial charge on any atom is -0.297 e. The van der Waals surface area contributed by atoms with Crippen molar-refractivity contribution < 1.29 is 14.4 Å². The summed E-state index contributed by atoms with van der Waals surface area (Å²) < 4.78 is 0.832. The van der Waals surface area contributed by atoms with E-state index in [4.69, 9.17) is 11.6 Å². The van der Waals surface area contributed by atoms with Gasteiger partial charge < -0.3 is 0 Å². The SMILES string of the molecule is O=C(CN1C(=O)C(=O)c2c(Cl)cccc21)c1ccc(Br)s1. The van der Waals surface area contributed by atoms with Crippen LogP contribution in [0.1, 0.15) is 20.0 Å². The smallest absolute Gasteiger partial charge is 0.297 e. The number of fused-ring (bicyclic) bond motifs is 1. The largest absolute Gasteiger partial charge is 0.299 e. The first-order valence-electron chi connectivity index (χ1n) is 5.92. The third-order valence-corrected chi connectivity index (χ3v) is 5.08. The fourth-order valence-corrected chi connectivity index (χ4v) is 3.72. The molecule has 2 aromatic rings. The van der Waals surface area contributed by atoms with Gasteiger partial charge in [-0.25, -0.2) is 0 Å². The van der Waals surface area contributed by atoms with Crippen LogP contribution in [0.2, 0.25) is 5.02 Å². The molecule has 1 aliphatic heterocycles. The maximum absolute atomic E-state index is 12.2. The molecule has 1 amide bonds. The van der Waals surface area contributed by atoms with Crippen LogP contribution in [0.3, 0.4) is 0 Å². The van der Waals surface area contributed by atoms with E-state index in [1.165, 1.54) is 16.2 Å². The lowest BCUT2D eigenvalue weighted by molar-refractivity contribution is -0.114. The number of anilines is 1. The molecular weight excluding hydrogens is 378 g/mol. The average Bonchev–Trinajstić information content (AvgIpc) is 2.98. The molecule has 0 aliphatic carbocycles. The van der Waals surface area contributed by atoms with E-state index in [-0.39, 0.29) is 22.9 Å². The summed E-state index contributed by atoms with van der Waals surface area (Å²) in [5, 5.41) is 0.222. The second-order valence-corrected chi connectivity index (χ2v) is 7.25. The van der Waals surface area contributed by atoms with Crippen molar-refractivity contribution in [1.29, 1.82) is 0 Å². The predicted molar refractivity (Wildman–Crippen MR) is 84.5 cm³/mol. The lowest BCUT2D eigenvalue weighted by Crippen LogP contribution is -2.34. The van der Waals surface area contributed by atoms with Crippen LogP contribution in [-0.2, 0) is 4.79 Å². The third-order valence-electron chi connectivity index (χ3n) is 3.10. The van der Waals surface area contributed by atoms with Crippen molar-refractivity contribution in [2.45, 2.75) is 0 Å². The summed E-state index contributed by atoms with van der Waals surface area (Å²) >= 11 is 10.5. The molecule has 3 rings (SSSR count). The van der Waals surface area contributed by atoms with E-state index < -0.39 is 11.7 Å². The van der Waals surface area contributed by atoms with Crippen LogP contribution in [0.5, 0.6) is 0 Å². The van der Waals surface area contributed by atoms with E-state index in [1.807, 2.05) is 0 Å². The average molecular weight is 385 g/mol. The number of carbonyl (C=O) groups excluding carboxylic acids is 3. The van der Waals surface area contributed by atoms with Crippen molar-refractivity contribution in [3.05, 3.63) is 49.6 Å². The molecule has 0 N–H and O–H groups in total. The number of carbonyl (C=O) groups is 3. The molecule has 0 atom stereocenters. The number of amides is 1. The summed E-state index contributed by atoms with van der Waals surface area (Å²) in [6.07, 6.45) is 0. The van der Waals surface area contributed by atoms with Crippen molar-refractivity contribution >= 4 is 62.0 Å². The van der Waals surface area contributed by atoms with Crippen molar-refractivity contribution in [2.75, 3.05) is 11.4 Å². The van der Waals surface area contributed by atoms with Gasteiger partial charge >= 0.3 is 0 Å². The molecule has 4 nitrogen and oxygen atoms in total. The van der Waals surface area contributed by atoms with Gasteiger partial charge in [-0.15, -0.1) is 11.3 Å². The van der Waals surface area contributed by atoms with Gasteiger partial charge in [0.05, 0.1) is 31.5 Å². The summed E-state index contributed by atoms with van der Waals surface area (Å²) in [6, 6.07) is 8.25. The fourth-order valence-electron chi connectivity index (χ4n) is 2.14. The van der Waals surface area contributed by atoms with Crippen LogP contribution in [0.25, 0.3) is 0 Å². The first kappa shape index (κ1) is 14.4. The Bertz CT molecular complexity index is 786. The molecular formula is C14H7BrClNO3S. The van der Waals surface area contributed by atoms with Crippen LogP contribution in [0.15, 0.2) is 34.1 Å². The van der Waals surface area contributed by atoms with E-state index >= 15 is 0 Å². The molecule has 0 saturated heterocycles. The molecule has 1 aliphatic rings. The Labute approximate surface area is 137 Å². The Morgan fingerprint density at radius 1 is 1.24 bits per heavy atom. The number of halogens is 2. The standard InChI is InChI=1S/C14H7BrClNO3S/c15-11-5-4-10(21-11)9(18)6-17-8-3-1-2-7(16)12(8)13(19)14(17)20/h1-5H,6H2. The summed E-state index contributed by atoms with van der Waals surface area (Å²) in [5.41, 5.74) is 0.561. The first-order valence-corrected chi connectivity index (χ1v) is 7.91. The van der Waals surface area contributed by atoms with Crippen LogP contribution in [-0.4, -0.2) is 24.0 Å². The van der Waals surface area contributed by atoms with E-state index in [2.05, 4.69) is 15.9 Å². The highest BCUT2D eigenvalue weighted by atomic mass is 79.9. The van der Waals surface area contributed by atoms with Gasteiger partial charge in [0, 0.05) is 0 Å². The summed E-state index contributed by atoms with van der Waals surface area (Å²) in [7, 11) is 0. The monoisotopic (exact) mass is 383 g/mol. The topological polar surface area (TPSA) is 54.5 Å². The van der Waals surface area contributed by atoms with Crippen LogP contribution >= 0.6 is 38.9 Å². The highest BCUT2D eigenvalue weighted by molar-refractivity contribution is 9.11. The van der Waals surface area contributed by atoms with Gasteiger partial charge in [-0.3, -0.25) is 19.3 Å². The Hall–Kier alpha value is -1.50. The number of nitrogens with zero attached hydrogens (tertiary/aromatic N) is 1. The second-order valence-electron chi connectivity index (χ2n) is 4.38. The maximum Gasteiger partial charge on any atom is 0.299 e. The number of rotatable bonds is 3. The highest BCUT2D eigenvalue weighted by Crippen LogP contribution is 2.34. The maximum atomic E-state index is 12.2. The summed E-state index contributed by atoms with van der Waals surface area (Å²) in [6.45, 7) is -0.176. The predicted octanol–water partition coefficient (Wildman–Crippen LogP) is 3.58. The molecule has 1 aromatic carbocycles. The minimum absolute atomic E-state index is 0.171. The van der Waals surface area contributed by atoms with E-state index in [1.54, 1.807) is 30.3 Å². The van der Waals surface area contributed by atoms with Crippen LogP contribution in [0.4, 0.5) is 5.69 Å². The van der Waals surface area contributed by atoms with Gasteiger partial charge in [0.2, 0.25) is 0 Å². The Morgan fingerprint density at radius 3 is 2.67 bits per heavy atom. The lowest BCUT2D eigenvalue weighted by atomic mass is 10.1. The number of ketones is 2. The van der Waals surface area contributed by atoms with Crippen molar-refractivity contribution in [1.82, 2.24) is 0 Å². The fraction of sp³-hybridized carbons (Fsp3) is 0.0714. The van der Waals surface area contributed by atoms with Gasteiger partial charge in [0.15, 0.2) is 5.78 Å². The molecule has 7 heteroatoms. The molecule has 0 spiro atoms. The van der Waals surface area contributed by atoms with Crippen molar-refractivity contribution in [3.63, 3.8) is 0 Å². The van der Waals surface area contributed by atoms with E-state index in [0.717, 1.165) is 3.79 Å². The Morgan fingerprint density at radius 2 is 2.00 bits per heavy atom. The molecule has 106 valence electrons. The summed E-state index contributed by atoms with van der Waals surface area (Å²) in [5.74, 6) is -1.61. The zero-order valence-electron chi connectivity index (χ0n) is 10.4. The zero-order chi connectivity index (χ0) is 15.1. The number of hydrogen-bond acceptors (Lipinski definition) is 4. The molecule has 2 heterocycles. The molecule has 0 unspecified atom stereocenters. The van der Waals surface area contributed by atoms with Gasteiger partial charge in [0.1, 0.15) is 0 Å². The van der Waals surface area contributed by atoms with E-state index in [9.17, 15) is 14.4 Å². The van der Waals surface area contributed by atoms with Crippen molar-refractivity contribution in [2.24, 2.45) is 0 Å². The second kappa shape index (κ2) is 5.36. The van der Waals surface area contributed by atoms with E-state index in [0.29, 0.717) is 10.6 Å². The molecule has 0 radical (unpaired) electrons.